The first-order chi connectivity index (χ1) is 5.49. The van der Waals surface area contributed by atoms with Crippen LogP contribution in [0, 0.1) is 0 Å². The summed E-state index contributed by atoms with van der Waals surface area (Å²) in [7, 11) is 0. The summed E-state index contributed by atoms with van der Waals surface area (Å²) >= 11 is -5.08. The third kappa shape index (κ3) is 2.97. The molecular formula is C6H4ClF5Te. The van der Waals surface area contributed by atoms with Gasteiger partial charge in [-0.05, 0) is 0 Å². The van der Waals surface area contributed by atoms with Gasteiger partial charge in [-0.15, -0.1) is 0 Å². The van der Waals surface area contributed by atoms with Crippen LogP contribution >= 0.6 is 11.6 Å². The average Bonchev–Trinajstić information content (AvgIpc) is 1.82. The molecule has 0 fully saturated rings. The molecule has 0 saturated heterocycles. The molecule has 7 heteroatoms. The topological polar surface area (TPSA) is 0 Å². The molecule has 13 heavy (non-hydrogen) atoms. The Kier molecular flexibility index (Phi) is 1.95. The minimum absolute atomic E-state index is 0.0112. The molecule has 0 saturated carbocycles. The van der Waals surface area contributed by atoms with Gasteiger partial charge in [-0.3, -0.25) is 0 Å². The van der Waals surface area contributed by atoms with Crippen LogP contribution < -0.4 is 3.61 Å². The first-order valence-electron chi connectivity index (χ1n) is 2.99. The molecule has 0 nitrogen and oxygen atoms in total. The molecule has 0 bridgehead atoms. The van der Waals surface area contributed by atoms with Gasteiger partial charge in [-0.25, -0.2) is 0 Å². The molecule has 0 atom stereocenters. The van der Waals surface area contributed by atoms with Crippen molar-refractivity contribution in [3.05, 3.63) is 29.3 Å². The van der Waals surface area contributed by atoms with Crippen molar-refractivity contribution >= 4 is 33.5 Å². The standard InChI is InChI=1S/C6H4ClF5Te/c7-5-1-3-6(4-2-5)13(8,9,10,11)12/h1-4H. The van der Waals surface area contributed by atoms with E-state index >= 15 is 0 Å². The van der Waals surface area contributed by atoms with E-state index in [0.29, 0.717) is 12.1 Å². The maximum atomic E-state index is 12.1. The normalized spacial score (nSPS) is 17.7. The van der Waals surface area contributed by atoms with Gasteiger partial charge in [0.25, 0.3) is 0 Å². The summed E-state index contributed by atoms with van der Waals surface area (Å²) in [6.07, 6.45) is 0. The second kappa shape index (κ2) is 2.30. The summed E-state index contributed by atoms with van der Waals surface area (Å²) in [5, 5.41) is -0.0112. The molecule has 76 valence electrons. The first kappa shape index (κ1) is 11.0. The van der Waals surface area contributed by atoms with E-state index in [1.54, 1.807) is 0 Å². The third-order valence-electron chi connectivity index (χ3n) is 1.26. The van der Waals surface area contributed by atoms with Crippen LogP contribution in [0.25, 0.3) is 0 Å². The Morgan fingerprint density at radius 1 is 0.846 bits per heavy atom. The van der Waals surface area contributed by atoms with E-state index in [4.69, 9.17) is 11.6 Å². The van der Waals surface area contributed by atoms with E-state index in [1.807, 2.05) is 0 Å². The first-order valence-corrected chi connectivity index (χ1v) is 8.93. The fraction of sp³-hybridized carbons (Fsp3) is 0. The van der Waals surface area contributed by atoms with Crippen LogP contribution in [0.3, 0.4) is 0 Å². The van der Waals surface area contributed by atoms with Crippen molar-refractivity contribution in [2.24, 2.45) is 0 Å². The van der Waals surface area contributed by atoms with Gasteiger partial charge in [0, 0.05) is 0 Å². The Bertz CT molecular complexity index is 325. The molecule has 0 aliphatic carbocycles. The summed E-state index contributed by atoms with van der Waals surface area (Å²) in [6.45, 7) is 0. The maximum absolute atomic E-state index is 12.1. The van der Waals surface area contributed by atoms with Gasteiger partial charge in [0.2, 0.25) is 0 Å². The molecule has 0 N–H and O–H groups in total. The van der Waals surface area contributed by atoms with Gasteiger partial charge in [0.1, 0.15) is 0 Å². The van der Waals surface area contributed by atoms with Crippen molar-refractivity contribution in [2.45, 2.75) is 0 Å². The fourth-order valence-corrected chi connectivity index (χ4v) is 2.67. The van der Waals surface area contributed by atoms with Crippen LogP contribution in [0.5, 0.6) is 0 Å². The Labute approximate surface area is 77.3 Å². The van der Waals surface area contributed by atoms with Gasteiger partial charge in [-0.1, -0.05) is 0 Å². The van der Waals surface area contributed by atoms with Crippen molar-refractivity contribution < 1.29 is 14.5 Å². The van der Waals surface area contributed by atoms with Crippen LogP contribution in [0.4, 0.5) is 14.5 Å². The van der Waals surface area contributed by atoms with E-state index in [-0.39, 0.29) is 5.02 Å². The van der Waals surface area contributed by atoms with Crippen LogP contribution in [0.2, 0.25) is 5.02 Å². The summed E-state index contributed by atoms with van der Waals surface area (Å²) in [5.74, 6) is 0. The molecule has 0 spiro atoms. The third-order valence-corrected chi connectivity index (χ3v) is 4.83. The summed E-state index contributed by atoms with van der Waals surface area (Å²) in [6, 6.07) is 2.18. The zero-order valence-corrected chi connectivity index (χ0v) is 9.07. The van der Waals surface area contributed by atoms with Crippen molar-refractivity contribution in [1.29, 1.82) is 0 Å². The summed E-state index contributed by atoms with van der Waals surface area (Å²) in [5.41, 5.74) is 0. The molecular weight excluding hydrogens is 330 g/mol. The fourth-order valence-electron chi connectivity index (χ4n) is 0.692. The molecule has 1 rings (SSSR count). The number of hydrogen-bond acceptors (Lipinski definition) is 0. The van der Waals surface area contributed by atoms with Crippen LogP contribution in [-0.2, 0) is 0 Å². The molecule has 0 aliphatic rings. The van der Waals surface area contributed by atoms with E-state index in [1.165, 1.54) is 0 Å². The van der Waals surface area contributed by atoms with Gasteiger partial charge in [0.15, 0.2) is 0 Å². The second-order valence-electron chi connectivity index (χ2n) is 2.42. The summed E-state index contributed by atoms with van der Waals surface area (Å²) < 4.78 is 58.7. The Hall–Kier alpha value is -0.0504. The Balaban J connectivity index is 3.34. The van der Waals surface area contributed by atoms with E-state index in [2.05, 4.69) is 0 Å². The molecule has 1 aromatic carbocycles. The monoisotopic (exact) mass is 336 g/mol. The van der Waals surface area contributed by atoms with Crippen LogP contribution in [-0.4, -0.2) is 18.3 Å². The Morgan fingerprint density at radius 3 is 1.54 bits per heavy atom. The Morgan fingerprint density at radius 2 is 1.23 bits per heavy atom. The van der Waals surface area contributed by atoms with Crippen molar-refractivity contribution in [1.82, 2.24) is 0 Å². The van der Waals surface area contributed by atoms with Crippen molar-refractivity contribution in [3.8, 4) is 0 Å². The zero-order chi connectivity index (χ0) is 10.4. The van der Waals surface area contributed by atoms with Crippen molar-refractivity contribution in [2.75, 3.05) is 0 Å². The van der Waals surface area contributed by atoms with Gasteiger partial charge in [0.05, 0.1) is 0 Å². The van der Waals surface area contributed by atoms with Gasteiger partial charge >= 0.3 is 77.2 Å². The summed E-state index contributed by atoms with van der Waals surface area (Å²) in [4.78, 5) is 0. The van der Waals surface area contributed by atoms with E-state index in [0.717, 1.165) is 12.1 Å². The van der Waals surface area contributed by atoms with Crippen LogP contribution in [0.15, 0.2) is 24.3 Å². The number of rotatable bonds is 1. The van der Waals surface area contributed by atoms with E-state index in [9.17, 15) is 14.5 Å². The van der Waals surface area contributed by atoms with E-state index < -0.39 is 21.9 Å². The second-order valence-corrected chi connectivity index (χ2v) is 9.74. The quantitative estimate of drug-likeness (QED) is 0.546. The van der Waals surface area contributed by atoms with Gasteiger partial charge < -0.3 is 0 Å². The predicted octanol–water partition coefficient (Wildman–Crippen LogP) is 3.23. The molecule has 0 radical (unpaired) electrons. The molecule has 0 unspecified atom stereocenters. The molecule has 0 aliphatic heterocycles. The molecule has 0 aromatic heterocycles. The van der Waals surface area contributed by atoms with Crippen molar-refractivity contribution in [3.63, 3.8) is 0 Å². The SMILES string of the molecule is F[Te](F)(F)(F)(F)c1ccc(Cl)cc1. The molecule has 1 aromatic rings. The number of halogens is 6. The predicted molar refractivity (Wildman–Crippen MR) is 42.4 cm³/mol. The average molecular weight is 334 g/mol. The number of benzene rings is 1. The van der Waals surface area contributed by atoms with Gasteiger partial charge in [-0.2, -0.15) is 0 Å². The minimum atomic E-state index is -10.3. The molecule has 0 amide bonds. The van der Waals surface area contributed by atoms with Crippen LogP contribution in [0.1, 0.15) is 0 Å². The number of hydrogen-bond donors (Lipinski definition) is 0. The molecule has 0 heterocycles. The zero-order valence-electron chi connectivity index (χ0n) is 5.99.